The van der Waals surface area contributed by atoms with Crippen molar-refractivity contribution in [3.8, 4) is 0 Å². The van der Waals surface area contributed by atoms with Gasteiger partial charge in [-0.3, -0.25) is 19.4 Å². The molecular weight excluding hydrogens is 404 g/mol. The van der Waals surface area contributed by atoms with Gasteiger partial charge in [-0.15, -0.1) is 0 Å². The smallest absolute Gasteiger partial charge is 0.273 e. The second-order valence-electron chi connectivity index (χ2n) is 10.3. The monoisotopic (exact) mass is 432 g/mol. The van der Waals surface area contributed by atoms with E-state index in [1.54, 1.807) is 16.0 Å². The van der Waals surface area contributed by atoms with Crippen LogP contribution < -0.4 is 5.32 Å². The predicted octanol–water partition coefficient (Wildman–Crippen LogP) is 2.96. The first kappa shape index (κ1) is 20.7. The van der Waals surface area contributed by atoms with Crippen LogP contribution in [0.4, 0.5) is 5.69 Å². The normalized spacial score (nSPS) is 22.8. The zero-order chi connectivity index (χ0) is 22.7. The number of hydrogen-bond donors (Lipinski definition) is 1. The standard InChI is InChI=1S/C25H28N4O3/c1-24(2,3)13-19(29-14-16-7-6-11-26-20(16)22(29)31)21(30)28-12-10-25(15-28)17-8-4-5-9-18(17)27-23(25)32/h4-9,11,19H,10,12-15H2,1-3H3,(H,27,32)/t19-,25-/m0/s1. The van der Waals surface area contributed by atoms with Crippen LogP contribution in [0.1, 0.15) is 55.2 Å². The summed E-state index contributed by atoms with van der Waals surface area (Å²) in [6, 6.07) is 10.8. The van der Waals surface area contributed by atoms with Crippen molar-refractivity contribution in [3.05, 3.63) is 59.4 Å². The lowest BCUT2D eigenvalue weighted by Gasteiger charge is -2.35. The zero-order valence-corrected chi connectivity index (χ0v) is 18.7. The number of carbonyl (C=O) groups excluding carboxylic acids is 3. The topological polar surface area (TPSA) is 82.6 Å². The fourth-order valence-electron chi connectivity index (χ4n) is 5.30. The van der Waals surface area contributed by atoms with Gasteiger partial charge in [0.2, 0.25) is 11.8 Å². The molecule has 1 saturated heterocycles. The van der Waals surface area contributed by atoms with Gasteiger partial charge in [-0.2, -0.15) is 0 Å². The van der Waals surface area contributed by atoms with E-state index in [-0.39, 0.29) is 23.1 Å². The highest BCUT2D eigenvalue weighted by atomic mass is 16.2. The van der Waals surface area contributed by atoms with Gasteiger partial charge >= 0.3 is 0 Å². The molecule has 32 heavy (non-hydrogen) atoms. The Morgan fingerprint density at radius 1 is 1.19 bits per heavy atom. The molecule has 0 unspecified atom stereocenters. The Hall–Kier alpha value is -3.22. The molecular formula is C25H28N4O3. The van der Waals surface area contributed by atoms with Crippen LogP contribution in [0.3, 0.4) is 0 Å². The Morgan fingerprint density at radius 2 is 1.97 bits per heavy atom. The summed E-state index contributed by atoms with van der Waals surface area (Å²) in [4.78, 5) is 47.6. The van der Waals surface area contributed by atoms with Gasteiger partial charge in [-0.1, -0.05) is 45.0 Å². The Balaban J connectivity index is 1.44. The Kier molecular flexibility index (Phi) is 4.62. The molecule has 1 aromatic heterocycles. The highest BCUT2D eigenvalue weighted by molar-refractivity contribution is 6.07. The van der Waals surface area contributed by atoms with E-state index in [0.717, 1.165) is 16.8 Å². The summed E-state index contributed by atoms with van der Waals surface area (Å²) in [5.41, 5.74) is 2.21. The summed E-state index contributed by atoms with van der Waals surface area (Å²) in [6.07, 6.45) is 2.73. The Labute approximate surface area is 187 Å². The number of nitrogens with one attached hydrogen (secondary N) is 1. The van der Waals surface area contributed by atoms with Crippen LogP contribution in [-0.4, -0.2) is 51.6 Å². The van der Waals surface area contributed by atoms with E-state index < -0.39 is 11.5 Å². The van der Waals surface area contributed by atoms with Crippen molar-refractivity contribution in [2.45, 2.75) is 51.6 Å². The summed E-state index contributed by atoms with van der Waals surface area (Å²) in [5, 5.41) is 2.98. The lowest BCUT2D eigenvalue weighted by molar-refractivity contribution is -0.136. The molecule has 3 aliphatic heterocycles. The second-order valence-corrected chi connectivity index (χ2v) is 10.3. The highest BCUT2D eigenvalue weighted by Gasteiger charge is 2.53. The van der Waals surface area contributed by atoms with Crippen LogP contribution in [0.15, 0.2) is 42.6 Å². The summed E-state index contributed by atoms with van der Waals surface area (Å²) in [7, 11) is 0. The predicted molar refractivity (Wildman–Crippen MR) is 120 cm³/mol. The number of carbonyl (C=O) groups is 3. The van der Waals surface area contributed by atoms with Crippen molar-refractivity contribution >= 4 is 23.4 Å². The number of para-hydroxylation sites is 1. The van der Waals surface area contributed by atoms with Crippen molar-refractivity contribution in [1.82, 2.24) is 14.8 Å². The number of fused-ring (bicyclic) bond motifs is 3. The maximum Gasteiger partial charge on any atom is 0.273 e. The SMILES string of the molecule is CC(C)(C)C[C@@H](C(=O)N1CC[C@@]2(C1)C(=O)Nc1ccccc12)N1Cc2cccnc2C1=O. The van der Waals surface area contributed by atoms with Crippen LogP contribution in [0, 0.1) is 5.41 Å². The van der Waals surface area contributed by atoms with E-state index in [9.17, 15) is 14.4 Å². The second kappa shape index (κ2) is 7.15. The van der Waals surface area contributed by atoms with Crippen molar-refractivity contribution in [2.24, 2.45) is 5.41 Å². The number of benzene rings is 1. The number of amides is 3. The first-order valence-corrected chi connectivity index (χ1v) is 11.1. The molecule has 7 heteroatoms. The van der Waals surface area contributed by atoms with Crippen LogP contribution in [-0.2, 0) is 21.5 Å². The van der Waals surface area contributed by atoms with Gasteiger partial charge < -0.3 is 15.1 Å². The number of anilines is 1. The minimum Gasteiger partial charge on any atom is -0.339 e. The molecule has 4 heterocycles. The lowest BCUT2D eigenvalue weighted by atomic mass is 9.81. The van der Waals surface area contributed by atoms with Crippen molar-refractivity contribution < 1.29 is 14.4 Å². The molecule has 7 nitrogen and oxygen atoms in total. The molecule has 0 aliphatic carbocycles. The van der Waals surface area contributed by atoms with E-state index in [2.05, 4.69) is 31.1 Å². The van der Waals surface area contributed by atoms with Gasteiger partial charge in [0.1, 0.15) is 11.7 Å². The largest absolute Gasteiger partial charge is 0.339 e. The number of rotatable bonds is 3. The molecule has 1 fully saturated rings. The lowest BCUT2D eigenvalue weighted by Crippen LogP contribution is -2.51. The summed E-state index contributed by atoms with van der Waals surface area (Å²) < 4.78 is 0. The highest BCUT2D eigenvalue weighted by Crippen LogP contribution is 2.44. The third-order valence-electron chi connectivity index (χ3n) is 6.87. The first-order valence-electron chi connectivity index (χ1n) is 11.1. The van der Waals surface area contributed by atoms with Crippen LogP contribution in [0.25, 0.3) is 0 Å². The first-order chi connectivity index (χ1) is 15.2. The van der Waals surface area contributed by atoms with Gasteiger partial charge in [0, 0.05) is 37.1 Å². The molecule has 1 N–H and O–H groups in total. The van der Waals surface area contributed by atoms with Crippen LogP contribution >= 0.6 is 0 Å². The molecule has 0 bridgehead atoms. The fraction of sp³-hybridized carbons (Fsp3) is 0.440. The summed E-state index contributed by atoms with van der Waals surface area (Å²) in [5.74, 6) is -0.327. The van der Waals surface area contributed by atoms with E-state index in [1.807, 2.05) is 36.4 Å². The molecule has 0 saturated carbocycles. The quantitative estimate of drug-likeness (QED) is 0.808. The minimum atomic E-state index is -0.710. The fourth-order valence-corrected chi connectivity index (χ4v) is 5.30. The molecule has 1 aromatic carbocycles. The molecule has 3 amide bonds. The molecule has 2 atom stereocenters. The molecule has 3 aliphatic rings. The maximum atomic E-state index is 13.8. The van der Waals surface area contributed by atoms with E-state index >= 15 is 0 Å². The molecule has 1 spiro atoms. The van der Waals surface area contributed by atoms with E-state index in [4.69, 9.17) is 0 Å². The van der Waals surface area contributed by atoms with Gasteiger partial charge in [0.15, 0.2) is 0 Å². The molecule has 0 radical (unpaired) electrons. The molecule has 5 rings (SSSR count). The van der Waals surface area contributed by atoms with E-state index in [1.165, 1.54) is 0 Å². The minimum absolute atomic E-state index is 0.0461. The van der Waals surface area contributed by atoms with Gasteiger partial charge in [0.25, 0.3) is 5.91 Å². The number of likely N-dealkylation sites (tertiary alicyclic amines) is 1. The van der Waals surface area contributed by atoms with Crippen LogP contribution in [0.5, 0.6) is 0 Å². The summed E-state index contributed by atoms with van der Waals surface area (Å²) in [6.45, 7) is 7.44. The van der Waals surface area contributed by atoms with Gasteiger partial charge in [-0.05, 0) is 36.0 Å². The van der Waals surface area contributed by atoms with Gasteiger partial charge in [0.05, 0.1) is 5.41 Å². The molecule has 2 aromatic rings. The number of pyridine rings is 1. The maximum absolute atomic E-state index is 13.8. The Morgan fingerprint density at radius 3 is 2.72 bits per heavy atom. The van der Waals surface area contributed by atoms with Crippen molar-refractivity contribution in [1.29, 1.82) is 0 Å². The van der Waals surface area contributed by atoms with E-state index in [0.29, 0.717) is 38.2 Å². The third-order valence-corrected chi connectivity index (χ3v) is 6.87. The Bertz CT molecular complexity index is 1120. The summed E-state index contributed by atoms with van der Waals surface area (Å²) >= 11 is 0. The zero-order valence-electron chi connectivity index (χ0n) is 18.7. The number of nitrogens with zero attached hydrogens (tertiary/aromatic N) is 3. The molecule has 166 valence electrons. The van der Waals surface area contributed by atoms with Gasteiger partial charge in [-0.25, -0.2) is 0 Å². The van der Waals surface area contributed by atoms with Crippen LogP contribution in [0.2, 0.25) is 0 Å². The number of aromatic nitrogens is 1. The average molecular weight is 433 g/mol. The van der Waals surface area contributed by atoms with Crippen molar-refractivity contribution in [3.63, 3.8) is 0 Å². The third kappa shape index (κ3) is 3.18. The van der Waals surface area contributed by atoms with Crippen molar-refractivity contribution in [2.75, 3.05) is 18.4 Å². The number of hydrogen-bond acceptors (Lipinski definition) is 4. The average Bonchev–Trinajstić information content (AvgIpc) is 3.42.